The number of nitrogens with zero attached hydrogens (tertiary/aromatic N) is 2. The van der Waals surface area contributed by atoms with Gasteiger partial charge in [0, 0.05) is 17.4 Å². The van der Waals surface area contributed by atoms with Gasteiger partial charge in [0.1, 0.15) is 17.0 Å². The SMILES string of the molecule is COc1ccccc1N1C(=O)c2cc3ccccc3n2C[C@]1(C)C(=O)NCCC(C)C. The normalized spacial score (nSPS) is 18.4. The molecular weight excluding hydrogens is 390 g/mol. The number of hydrogen-bond acceptors (Lipinski definition) is 3. The van der Waals surface area contributed by atoms with Crippen LogP contribution in [-0.4, -0.2) is 35.6 Å². The summed E-state index contributed by atoms with van der Waals surface area (Å²) in [5.74, 6) is 0.650. The Morgan fingerprint density at radius 3 is 2.61 bits per heavy atom. The predicted molar refractivity (Wildman–Crippen MR) is 123 cm³/mol. The lowest BCUT2D eigenvalue weighted by atomic mass is 9.93. The number of benzene rings is 2. The lowest BCUT2D eigenvalue weighted by Gasteiger charge is -2.44. The van der Waals surface area contributed by atoms with Gasteiger partial charge in [-0.1, -0.05) is 44.2 Å². The van der Waals surface area contributed by atoms with Gasteiger partial charge >= 0.3 is 0 Å². The molecule has 1 atom stereocenters. The average Bonchev–Trinajstić information content (AvgIpc) is 3.12. The largest absolute Gasteiger partial charge is 0.495 e. The highest BCUT2D eigenvalue weighted by molar-refractivity contribution is 6.14. The molecule has 0 spiro atoms. The molecule has 4 rings (SSSR count). The first-order valence-electron chi connectivity index (χ1n) is 10.7. The van der Waals surface area contributed by atoms with Crippen molar-refractivity contribution >= 4 is 28.4 Å². The Bertz CT molecular complexity index is 1130. The van der Waals surface area contributed by atoms with E-state index < -0.39 is 5.54 Å². The number of para-hydroxylation sites is 3. The zero-order chi connectivity index (χ0) is 22.2. The molecule has 0 saturated carbocycles. The van der Waals surface area contributed by atoms with Crippen molar-refractivity contribution in [3.05, 3.63) is 60.3 Å². The predicted octanol–water partition coefficient (Wildman–Crippen LogP) is 4.23. The van der Waals surface area contributed by atoms with E-state index in [0.717, 1.165) is 17.3 Å². The van der Waals surface area contributed by atoms with Crippen LogP contribution in [0.3, 0.4) is 0 Å². The van der Waals surface area contributed by atoms with Crippen molar-refractivity contribution in [2.45, 2.75) is 39.3 Å². The molecule has 0 saturated heterocycles. The fourth-order valence-electron chi connectivity index (χ4n) is 4.30. The van der Waals surface area contributed by atoms with Gasteiger partial charge < -0.3 is 14.6 Å². The van der Waals surface area contributed by atoms with E-state index in [9.17, 15) is 9.59 Å². The molecule has 2 heterocycles. The Balaban J connectivity index is 1.85. The molecule has 0 radical (unpaired) electrons. The summed E-state index contributed by atoms with van der Waals surface area (Å²) >= 11 is 0. The minimum absolute atomic E-state index is 0.171. The van der Waals surface area contributed by atoms with E-state index in [1.54, 1.807) is 12.0 Å². The summed E-state index contributed by atoms with van der Waals surface area (Å²) in [6.45, 7) is 7.00. The Hall–Kier alpha value is -3.28. The number of ether oxygens (including phenoxy) is 1. The molecule has 3 aromatic rings. The Kier molecular flexibility index (Phi) is 5.48. The fourth-order valence-corrected chi connectivity index (χ4v) is 4.30. The van der Waals surface area contributed by atoms with Gasteiger partial charge in [0.2, 0.25) is 5.91 Å². The van der Waals surface area contributed by atoms with Crippen molar-refractivity contribution in [2.24, 2.45) is 5.92 Å². The lowest BCUT2D eigenvalue weighted by molar-refractivity contribution is -0.126. The quantitative estimate of drug-likeness (QED) is 0.650. The van der Waals surface area contributed by atoms with Gasteiger partial charge in [-0.15, -0.1) is 0 Å². The van der Waals surface area contributed by atoms with E-state index in [0.29, 0.717) is 36.1 Å². The third kappa shape index (κ3) is 3.56. The van der Waals surface area contributed by atoms with Crippen LogP contribution in [0, 0.1) is 5.92 Å². The summed E-state index contributed by atoms with van der Waals surface area (Å²) < 4.78 is 7.51. The molecule has 0 bridgehead atoms. The number of carbonyl (C=O) groups is 2. The third-order valence-corrected chi connectivity index (χ3v) is 6.01. The van der Waals surface area contributed by atoms with Crippen LogP contribution in [0.4, 0.5) is 5.69 Å². The Morgan fingerprint density at radius 1 is 1.16 bits per heavy atom. The van der Waals surface area contributed by atoms with Crippen molar-refractivity contribution in [3.63, 3.8) is 0 Å². The molecule has 31 heavy (non-hydrogen) atoms. The van der Waals surface area contributed by atoms with Crippen molar-refractivity contribution in [1.29, 1.82) is 0 Å². The molecule has 1 aliphatic heterocycles. The van der Waals surface area contributed by atoms with Crippen molar-refractivity contribution in [2.75, 3.05) is 18.6 Å². The van der Waals surface area contributed by atoms with Crippen molar-refractivity contribution in [1.82, 2.24) is 9.88 Å². The summed E-state index contributed by atoms with van der Waals surface area (Å²) in [5.41, 5.74) is 0.997. The summed E-state index contributed by atoms with van der Waals surface area (Å²) in [4.78, 5) is 29.0. The average molecular weight is 420 g/mol. The van der Waals surface area contributed by atoms with Gasteiger partial charge in [-0.25, -0.2) is 0 Å². The standard InChI is InChI=1S/C25H29N3O3/c1-17(2)13-14-26-24(30)25(3)16-27-19-10-6-5-9-18(19)15-21(27)23(29)28(25)20-11-7-8-12-22(20)31-4/h5-12,15,17H,13-14,16H2,1-4H3,(H,26,30)/t25-/m1/s1. The van der Waals surface area contributed by atoms with Gasteiger partial charge in [0.15, 0.2) is 0 Å². The van der Waals surface area contributed by atoms with E-state index in [2.05, 4.69) is 19.2 Å². The number of fused-ring (bicyclic) bond motifs is 3. The van der Waals surface area contributed by atoms with Crippen LogP contribution in [0.15, 0.2) is 54.6 Å². The maximum absolute atomic E-state index is 13.8. The first-order chi connectivity index (χ1) is 14.9. The van der Waals surface area contributed by atoms with E-state index >= 15 is 0 Å². The monoisotopic (exact) mass is 419 g/mol. The third-order valence-electron chi connectivity index (χ3n) is 6.01. The topological polar surface area (TPSA) is 63.6 Å². The summed E-state index contributed by atoms with van der Waals surface area (Å²) in [7, 11) is 1.57. The lowest BCUT2D eigenvalue weighted by Crippen LogP contribution is -2.64. The number of carbonyl (C=O) groups excluding carboxylic acids is 2. The Morgan fingerprint density at radius 2 is 1.87 bits per heavy atom. The van der Waals surface area contributed by atoms with Crippen LogP contribution in [0.25, 0.3) is 10.9 Å². The second kappa shape index (κ2) is 8.10. The molecule has 6 nitrogen and oxygen atoms in total. The molecule has 1 aliphatic rings. The van der Waals surface area contributed by atoms with Crippen LogP contribution >= 0.6 is 0 Å². The molecule has 6 heteroatoms. The number of rotatable bonds is 6. The molecule has 2 aromatic carbocycles. The first kappa shape index (κ1) is 21.0. The van der Waals surface area contributed by atoms with Gasteiger partial charge in [-0.3, -0.25) is 14.5 Å². The van der Waals surface area contributed by atoms with E-state index in [1.807, 2.05) is 66.1 Å². The summed E-state index contributed by atoms with van der Waals surface area (Å²) in [6.07, 6.45) is 0.877. The maximum atomic E-state index is 13.8. The Labute approximate surface area is 182 Å². The number of anilines is 1. The van der Waals surface area contributed by atoms with Crippen LogP contribution in [0.2, 0.25) is 0 Å². The number of methoxy groups -OCH3 is 1. The number of aromatic nitrogens is 1. The minimum atomic E-state index is -1.11. The number of hydrogen-bond donors (Lipinski definition) is 1. The van der Waals surface area contributed by atoms with Gasteiger partial charge in [0.05, 0.1) is 19.3 Å². The molecule has 2 amide bonds. The summed E-state index contributed by atoms with van der Waals surface area (Å²) in [5, 5.41) is 4.05. The number of nitrogens with one attached hydrogen (secondary N) is 1. The highest BCUT2D eigenvalue weighted by Gasteiger charge is 2.49. The first-order valence-corrected chi connectivity index (χ1v) is 10.7. The van der Waals surface area contributed by atoms with Gasteiger partial charge in [-0.05, 0) is 43.5 Å². The molecule has 1 N–H and O–H groups in total. The van der Waals surface area contributed by atoms with Crippen molar-refractivity contribution in [3.8, 4) is 5.75 Å². The van der Waals surface area contributed by atoms with Crippen LogP contribution in [0.1, 0.15) is 37.7 Å². The minimum Gasteiger partial charge on any atom is -0.495 e. The molecule has 1 aromatic heterocycles. The highest BCUT2D eigenvalue weighted by atomic mass is 16.5. The molecule has 0 fully saturated rings. The van der Waals surface area contributed by atoms with Crippen LogP contribution in [0.5, 0.6) is 5.75 Å². The van der Waals surface area contributed by atoms with Gasteiger partial charge in [0.25, 0.3) is 5.91 Å². The zero-order valence-electron chi connectivity index (χ0n) is 18.5. The van der Waals surface area contributed by atoms with E-state index in [1.165, 1.54) is 0 Å². The van der Waals surface area contributed by atoms with Gasteiger partial charge in [-0.2, -0.15) is 0 Å². The maximum Gasteiger partial charge on any atom is 0.276 e. The van der Waals surface area contributed by atoms with Crippen molar-refractivity contribution < 1.29 is 14.3 Å². The second-order valence-corrected chi connectivity index (χ2v) is 8.70. The smallest absolute Gasteiger partial charge is 0.276 e. The molecule has 162 valence electrons. The molecule has 0 unspecified atom stereocenters. The second-order valence-electron chi connectivity index (χ2n) is 8.70. The zero-order valence-corrected chi connectivity index (χ0v) is 18.5. The molecular formula is C25H29N3O3. The highest BCUT2D eigenvalue weighted by Crippen LogP contribution is 2.39. The van der Waals surface area contributed by atoms with Crippen LogP contribution in [-0.2, 0) is 11.3 Å². The number of amides is 2. The van der Waals surface area contributed by atoms with Crippen LogP contribution < -0.4 is 15.0 Å². The summed E-state index contributed by atoms with van der Waals surface area (Å²) in [6, 6.07) is 17.1. The molecule has 0 aliphatic carbocycles. The van der Waals surface area contributed by atoms with E-state index in [4.69, 9.17) is 4.74 Å². The fraction of sp³-hybridized carbons (Fsp3) is 0.360. The van der Waals surface area contributed by atoms with E-state index in [-0.39, 0.29) is 11.8 Å².